The Kier molecular flexibility index (Phi) is 4.73. The van der Waals surface area contributed by atoms with Crippen molar-refractivity contribution in [1.29, 1.82) is 0 Å². The van der Waals surface area contributed by atoms with E-state index in [4.69, 9.17) is 5.11 Å². The van der Waals surface area contributed by atoms with Crippen LogP contribution < -0.4 is 5.32 Å². The Bertz CT molecular complexity index is 379. The lowest BCUT2D eigenvalue weighted by Crippen LogP contribution is -2.14. The van der Waals surface area contributed by atoms with Crippen LogP contribution in [-0.4, -0.2) is 17.6 Å². The molecule has 16 heavy (non-hydrogen) atoms. The van der Waals surface area contributed by atoms with Gasteiger partial charge in [-0.05, 0) is 19.4 Å². The number of rotatable bonds is 5. The van der Waals surface area contributed by atoms with Gasteiger partial charge in [0.25, 0.3) is 0 Å². The van der Waals surface area contributed by atoms with E-state index in [2.05, 4.69) is 36.5 Å². The summed E-state index contributed by atoms with van der Waals surface area (Å²) >= 11 is 0. The predicted molar refractivity (Wildman–Crippen MR) is 64.3 cm³/mol. The molecule has 0 radical (unpaired) electrons. The Hall–Kier alpha value is -1.61. The van der Waals surface area contributed by atoms with Crippen LogP contribution in [0.1, 0.15) is 18.1 Å². The van der Waals surface area contributed by atoms with Gasteiger partial charge in [-0.25, -0.2) is 4.79 Å². The van der Waals surface area contributed by atoms with Crippen LogP contribution in [0.25, 0.3) is 0 Å². The number of hydrogen-bond acceptors (Lipinski definition) is 2. The minimum atomic E-state index is -0.864. The quantitative estimate of drug-likeness (QED) is 0.589. The maximum atomic E-state index is 10.5. The van der Waals surface area contributed by atoms with Crippen LogP contribution in [0.15, 0.2) is 35.9 Å². The highest BCUT2D eigenvalue weighted by Crippen LogP contribution is 2.02. The van der Waals surface area contributed by atoms with Crippen LogP contribution in [-0.2, 0) is 11.3 Å². The van der Waals surface area contributed by atoms with Crippen molar-refractivity contribution in [3.8, 4) is 0 Å². The molecule has 0 heterocycles. The molecule has 0 spiro atoms. The van der Waals surface area contributed by atoms with Crippen molar-refractivity contribution in [3.05, 3.63) is 47.0 Å². The van der Waals surface area contributed by atoms with Crippen molar-refractivity contribution in [2.45, 2.75) is 20.4 Å². The molecule has 0 aromatic heterocycles. The van der Waals surface area contributed by atoms with Crippen LogP contribution >= 0.6 is 0 Å². The first kappa shape index (κ1) is 12.5. The van der Waals surface area contributed by atoms with Gasteiger partial charge in [0.2, 0.25) is 0 Å². The summed E-state index contributed by atoms with van der Waals surface area (Å²) in [6.07, 6.45) is 1.68. The standard InChI is InChI=1S/C13H17NO2/c1-10-3-5-12(6-4-10)9-14-8-7-11(2)13(15)16/h3-7,14H,8-9H2,1-2H3,(H,15,16)/b11-7-. The highest BCUT2D eigenvalue weighted by Gasteiger charge is 1.97. The summed E-state index contributed by atoms with van der Waals surface area (Å²) in [5.41, 5.74) is 2.81. The van der Waals surface area contributed by atoms with Crippen molar-refractivity contribution >= 4 is 5.97 Å². The number of hydrogen-bond donors (Lipinski definition) is 2. The molecule has 1 aromatic rings. The zero-order valence-corrected chi connectivity index (χ0v) is 9.66. The van der Waals surface area contributed by atoms with E-state index in [-0.39, 0.29) is 0 Å². The van der Waals surface area contributed by atoms with Crippen LogP contribution in [0.4, 0.5) is 0 Å². The Morgan fingerprint density at radius 2 is 2.00 bits per heavy atom. The molecule has 1 aromatic carbocycles. The monoisotopic (exact) mass is 219 g/mol. The summed E-state index contributed by atoms with van der Waals surface area (Å²) < 4.78 is 0. The third kappa shape index (κ3) is 4.28. The molecule has 1 rings (SSSR count). The van der Waals surface area contributed by atoms with E-state index in [1.54, 1.807) is 13.0 Å². The lowest BCUT2D eigenvalue weighted by atomic mass is 10.1. The van der Waals surface area contributed by atoms with Crippen LogP contribution in [0.2, 0.25) is 0 Å². The molecule has 86 valence electrons. The maximum Gasteiger partial charge on any atom is 0.330 e. The molecule has 0 aliphatic heterocycles. The van der Waals surface area contributed by atoms with Crippen LogP contribution in [0, 0.1) is 6.92 Å². The summed E-state index contributed by atoms with van der Waals surface area (Å²) in [7, 11) is 0. The third-order valence-electron chi connectivity index (χ3n) is 2.34. The molecule has 0 unspecified atom stereocenters. The van der Waals surface area contributed by atoms with Crippen molar-refractivity contribution in [2.24, 2.45) is 0 Å². The zero-order chi connectivity index (χ0) is 12.0. The first-order valence-corrected chi connectivity index (χ1v) is 5.26. The number of carboxylic acid groups (broad SMARTS) is 1. The topological polar surface area (TPSA) is 49.3 Å². The molecule has 0 saturated heterocycles. The molecule has 0 bridgehead atoms. The zero-order valence-electron chi connectivity index (χ0n) is 9.66. The average Bonchev–Trinajstić information content (AvgIpc) is 2.26. The van der Waals surface area contributed by atoms with E-state index in [0.717, 1.165) is 6.54 Å². The van der Waals surface area contributed by atoms with Crippen LogP contribution in [0.5, 0.6) is 0 Å². The number of aliphatic carboxylic acids is 1. The lowest BCUT2D eigenvalue weighted by molar-refractivity contribution is -0.132. The molecule has 0 fully saturated rings. The van der Waals surface area contributed by atoms with Crippen LogP contribution in [0.3, 0.4) is 0 Å². The fraction of sp³-hybridized carbons (Fsp3) is 0.308. The van der Waals surface area contributed by atoms with Crippen molar-refractivity contribution in [2.75, 3.05) is 6.54 Å². The summed E-state index contributed by atoms with van der Waals surface area (Å²) in [6, 6.07) is 8.26. The highest BCUT2D eigenvalue weighted by atomic mass is 16.4. The Balaban J connectivity index is 2.34. The summed E-state index contributed by atoms with van der Waals surface area (Å²) in [5, 5.41) is 11.8. The van der Waals surface area contributed by atoms with Gasteiger partial charge in [0, 0.05) is 18.7 Å². The lowest BCUT2D eigenvalue weighted by Gasteiger charge is -2.03. The summed E-state index contributed by atoms with van der Waals surface area (Å²) in [4.78, 5) is 10.5. The van der Waals surface area contributed by atoms with Gasteiger partial charge in [0.1, 0.15) is 0 Å². The van der Waals surface area contributed by atoms with Gasteiger partial charge in [0.15, 0.2) is 0 Å². The second kappa shape index (κ2) is 6.08. The first-order chi connectivity index (χ1) is 7.59. The fourth-order valence-corrected chi connectivity index (χ4v) is 1.24. The maximum absolute atomic E-state index is 10.5. The van der Waals surface area contributed by atoms with Gasteiger partial charge >= 0.3 is 5.97 Å². The average molecular weight is 219 g/mol. The first-order valence-electron chi connectivity index (χ1n) is 5.26. The number of nitrogens with one attached hydrogen (secondary N) is 1. The van der Waals surface area contributed by atoms with E-state index in [0.29, 0.717) is 12.1 Å². The van der Waals surface area contributed by atoms with Crippen molar-refractivity contribution < 1.29 is 9.90 Å². The molecule has 2 N–H and O–H groups in total. The van der Waals surface area contributed by atoms with Crippen molar-refractivity contribution in [1.82, 2.24) is 5.32 Å². The molecule has 3 nitrogen and oxygen atoms in total. The van der Waals surface area contributed by atoms with E-state index < -0.39 is 5.97 Å². The number of aryl methyl sites for hydroxylation is 1. The van der Waals surface area contributed by atoms with Gasteiger partial charge in [0.05, 0.1) is 0 Å². The van der Waals surface area contributed by atoms with E-state index in [1.165, 1.54) is 11.1 Å². The summed E-state index contributed by atoms with van der Waals surface area (Å²) in [6.45, 7) is 4.97. The van der Waals surface area contributed by atoms with Gasteiger partial charge in [-0.3, -0.25) is 0 Å². The second-order valence-corrected chi connectivity index (χ2v) is 3.81. The Labute approximate surface area is 95.8 Å². The number of carboxylic acids is 1. The minimum absolute atomic E-state index is 0.372. The molecule has 0 saturated carbocycles. The van der Waals surface area contributed by atoms with Gasteiger partial charge in [-0.2, -0.15) is 0 Å². The van der Waals surface area contributed by atoms with Gasteiger partial charge in [-0.15, -0.1) is 0 Å². The fourth-order valence-electron chi connectivity index (χ4n) is 1.24. The molecule has 0 atom stereocenters. The molecule has 0 aliphatic rings. The minimum Gasteiger partial charge on any atom is -0.478 e. The Morgan fingerprint density at radius 3 is 2.56 bits per heavy atom. The van der Waals surface area contributed by atoms with Gasteiger partial charge < -0.3 is 10.4 Å². The normalized spacial score (nSPS) is 11.5. The highest BCUT2D eigenvalue weighted by molar-refractivity contribution is 5.85. The smallest absolute Gasteiger partial charge is 0.330 e. The molecule has 3 heteroatoms. The third-order valence-corrected chi connectivity index (χ3v) is 2.34. The SMILES string of the molecule is C/C(=C/CNCc1ccc(C)cc1)C(=O)O. The number of carbonyl (C=O) groups is 1. The molecule has 0 aliphatic carbocycles. The predicted octanol–water partition coefficient (Wildman–Crippen LogP) is 2.12. The number of benzene rings is 1. The second-order valence-electron chi connectivity index (χ2n) is 3.81. The van der Waals surface area contributed by atoms with E-state index >= 15 is 0 Å². The molecular weight excluding hydrogens is 202 g/mol. The van der Waals surface area contributed by atoms with Gasteiger partial charge in [-0.1, -0.05) is 35.9 Å². The van der Waals surface area contributed by atoms with Crippen molar-refractivity contribution in [3.63, 3.8) is 0 Å². The molecular formula is C13H17NO2. The molecule has 0 amide bonds. The van der Waals surface area contributed by atoms with E-state index in [1.807, 2.05) is 0 Å². The van der Waals surface area contributed by atoms with E-state index in [9.17, 15) is 4.79 Å². The Morgan fingerprint density at radius 1 is 1.38 bits per heavy atom. The summed E-state index contributed by atoms with van der Waals surface area (Å²) in [5.74, 6) is -0.864. The largest absolute Gasteiger partial charge is 0.478 e.